The van der Waals surface area contributed by atoms with E-state index < -0.39 is 11.7 Å². The number of nitrogens with two attached hydrogens (primary N) is 1. The maximum atomic E-state index is 12.5. The molecule has 0 fully saturated rings. The molecule has 0 aliphatic carbocycles. The van der Waals surface area contributed by atoms with Crippen molar-refractivity contribution in [1.82, 2.24) is 9.78 Å². The molecule has 0 unspecified atom stereocenters. The summed E-state index contributed by atoms with van der Waals surface area (Å²) in [6, 6.07) is 4.84. The minimum Gasteiger partial charge on any atom is -0.389 e. The van der Waals surface area contributed by atoms with Gasteiger partial charge < -0.3 is 5.73 Å². The van der Waals surface area contributed by atoms with E-state index in [1.54, 1.807) is 18.2 Å². The van der Waals surface area contributed by atoms with Crippen molar-refractivity contribution >= 4 is 33.1 Å². The molecule has 0 saturated carbocycles. The Morgan fingerprint density at radius 1 is 1.37 bits per heavy atom. The highest BCUT2D eigenvalue weighted by atomic mass is 79.9. The van der Waals surface area contributed by atoms with Crippen LogP contribution in [0.5, 0.6) is 0 Å². The molecule has 0 aliphatic rings. The Hall–Kier alpha value is -1.41. The molecular formula is C11H7BrF3N3S. The topological polar surface area (TPSA) is 43.8 Å². The Morgan fingerprint density at radius 3 is 2.53 bits per heavy atom. The van der Waals surface area contributed by atoms with Gasteiger partial charge in [0, 0.05) is 16.2 Å². The second kappa shape index (κ2) is 4.93. The van der Waals surface area contributed by atoms with Crippen molar-refractivity contribution < 1.29 is 13.2 Å². The summed E-state index contributed by atoms with van der Waals surface area (Å²) in [7, 11) is 0. The molecule has 2 N–H and O–H groups in total. The first-order valence-electron chi connectivity index (χ1n) is 5.00. The number of hydrogen-bond donors (Lipinski definition) is 1. The van der Waals surface area contributed by atoms with Crippen molar-refractivity contribution in [2.75, 3.05) is 0 Å². The predicted octanol–water partition coefficient (Wildman–Crippen LogP) is 3.29. The first-order valence-corrected chi connectivity index (χ1v) is 6.21. The summed E-state index contributed by atoms with van der Waals surface area (Å²) in [5.41, 5.74) is 5.75. The summed E-state index contributed by atoms with van der Waals surface area (Å²) < 4.78 is 39.2. The molecule has 0 spiro atoms. The Kier molecular flexibility index (Phi) is 3.64. The van der Waals surface area contributed by atoms with Crippen LogP contribution in [-0.4, -0.2) is 14.8 Å². The fraction of sp³-hybridized carbons (Fsp3) is 0.0909. The van der Waals surface area contributed by atoms with Crippen molar-refractivity contribution in [3.8, 4) is 5.69 Å². The van der Waals surface area contributed by atoms with Crippen molar-refractivity contribution in [2.24, 2.45) is 5.73 Å². The molecule has 0 bridgehead atoms. The highest BCUT2D eigenvalue weighted by molar-refractivity contribution is 9.10. The van der Waals surface area contributed by atoms with Gasteiger partial charge in [-0.3, -0.25) is 0 Å². The van der Waals surface area contributed by atoms with E-state index in [0.717, 1.165) is 17.1 Å². The zero-order chi connectivity index (χ0) is 14.2. The zero-order valence-corrected chi connectivity index (χ0v) is 11.7. The minimum absolute atomic E-state index is 0.212. The summed E-state index contributed by atoms with van der Waals surface area (Å²) in [5, 5.41) is 3.69. The van der Waals surface area contributed by atoms with Crippen molar-refractivity contribution in [3.63, 3.8) is 0 Å². The fourth-order valence-corrected chi connectivity index (χ4v) is 2.13. The van der Waals surface area contributed by atoms with E-state index in [0.29, 0.717) is 15.7 Å². The summed E-state index contributed by atoms with van der Waals surface area (Å²) in [6.45, 7) is 0. The Morgan fingerprint density at radius 2 is 2.05 bits per heavy atom. The SMILES string of the molecule is NC(=S)c1ccc(-n2cc(C(F)(F)F)cn2)c(Br)c1. The molecule has 0 aliphatic heterocycles. The lowest BCUT2D eigenvalue weighted by Gasteiger charge is -2.07. The number of aromatic nitrogens is 2. The zero-order valence-electron chi connectivity index (χ0n) is 9.28. The standard InChI is InChI=1S/C11H7BrF3N3S/c12-8-3-6(10(16)19)1-2-9(8)18-5-7(4-17-18)11(13,14)15/h1-5H,(H2,16,19). The van der Waals surface area contributed by atoms with Crippen LogP contribution in [0.15, 0.2) is 35.1 Å². The first kappa shape index (κ1) is 14.0. The summed E-state index contributed by atoms with van der Waals surface area (Å²) in [5.74, 6) is 0. The summed E-state index contributed by atoms with van der Waals surface area (Å²) >= 11 is 8.07. The van der Waals surface area contributed by atoms with Crippen LogP contribution in [0, 0.1) is 0 Å². The number of hydrogen-bond acceptors (Lipinski definition) is 2. The number of benzene rings is 1. The maximum Gasteiger partial charge on any atom is 0.419 e. The molecule has 19 heavy (non-hydrogen) atoms. The van der Waals surface area contributed by atoms with E-state index in [1.807, 2.05) is 0 Å². The Bertz CT molecular complexity index is 636. The van der Waals surface area contributed by atoms with Gasteiger partial charge in [-0.25, -0.2) is 4.68 Å². The maximum absolute atomic E-state index is 12.5. The number of halogens is 4. The summed E-state index contributed by atoms with van der Waals surface area (Å²) in [6.07, 6.45) is -2.72. The largest absolute Gasteiger partial charge is 0.419 e. The Balaban J connectivity index is 2.43. The van der Waals surface area contributed by atoms with Gasteiger partial charge in [0.25, 0.3) is 0 Å². The van der Waals surface area contributed by atoms with Crippen LogP contribution in [-0.2, 0) is 6.18 Å². The van der Waals surface area contributed by atoms with Crippen LogP contribution in [0.25, 0.3) is 5.69 Å². The van der Waals surface area contributed by atoms with E-state index in [-0.39, 0.29) is 4.99 Å². The molecule has 8 heteroatoms. The molecule has 0 radical (unpaired) electrons. The highest BCUT2D eigenvalue weighted by Gasteiger charge is 2.32. The third-order valence-electron chi connectivity index (χ3n) is 2.39. The second-order valence-corrected chi connectivity index (χ2v) is 5.00. The molecule has 3 nitrogen and oxygen atoms in total. The van der Waals surface area contributed by atoms with Crippen LogP contribution in [0.2, 0.25) is 0 Å². The molecular weight excluding hydrogens is 343 g/mol. The van der Waals surface area contributed by atoms with E-state index in [1.165, 1.54) is 0 Å². The number of nitrogens with zero attached hydrogens (tertiary/aromatic N) is 2. The van der Waals surface area contributed by atoms with Gasteiger partial charge in [-0.1, -0.05) is 12.2 Å². The molecule has 2 aromatic rings. The fourth-order valence-electron chi connectivity index (χ4n) is 1.45. The molecule has 1 aromatic heterocycles. The lowest BCUT2D eigenvalue weighted by atomic mass is 10.2. The van der Waals surface area contributed by atoms with Gasteiger partial charge in [-0.15, -0.1) is 0 Å². The lowest BCUT2D eigenvalue weighted by Crippen LogP contribution is -2.09. The van der Waals surface area contributed by atoms with E-state index in [4.69, 9.17) is 18.0 Å². The third-order valence-corrected chi connectivity index (χ3v) is 3.26. The second-order valence-electron chi connectivity index (χ2n) is 3.70. The van der Waals surface area contributed by atoms with Gasteiger partial charge in [-0.2, -0.15) is 18.3 Å². The van der Waals surface area contributed by atoms with Gasteiger partial charge >= 0.3 is 6.18 Å². The predicted molar refractivity (Wildman–Crippen MR) is 72.2 cm³/mol. The average molecular weight is 350 g/mol. The van der Waals surface area contributed by atoms with Crippen LogP contribution < -0.4 is 5.73 Å². The van der Waals surface area contributed by atoms with E-state index in [9.17, 15) is 13.2 Å². The first-order chi connectivity index (χ1) is 8.79. The molecule has 1 heterocycles. The van der Waals surface area contributed by atoms with Gasteiger partial charge in [0.1, 0.15) is 4.99 Å². The number of thiocarbonyl (C=S) groups is 1. The lowest BCUT2D eigenvalue weighted by molar-refractivity contribution is -0.137. The average Bonchev–Trinajstić information content (AvgIpc) is 2.77. The molecule has 1 aromatic carbocycles. The monoisotopic (exact) mass is 349 g/mol. The number of alkyl halides is 3. The molecule has 0 saturated heterocycles. The van der Waals surface area contributed by atoms with Gasteiger partial charge in [-0.05, 0) is 34.1 Å². The van der Waals surface area contributed by atoms with E-state index in [2.05, 4.69) is 21.0 Å². The summed E-state index contributed by atoms with van der Waals surface area (Å²) in [4.78, 5) is 0.212. The van der Waals surface area contributed by atoms with Crippen molar-refractivity contribution in [1.29, 1.82) is 0 Å². The smallest absolute Gasteiger partial charge is 0.389 e. The highest BCUT2D eigenvalue weighted by Crippen LogP contribution is 2.30. The van der Waals surface area contributed by atoms with Crippen molar-refractivity contribution in [2.45, 2.75) is 6.18 Å². The Labute approximate surface area is 120 Å². The van der Waals surface area contributed by atoms with Crippen LogP contribution >= 0.6 is 28.1 Å². The molecule has 100 valence electrons. The number of rotatable bonds is 2. The van der Waals surface area contributed by atoms with Crippen molar-refractivity contribution in [3.05, 3.63) is 46.2 Å². The van der Waals surface area contributed by atoms with Crippen LogP contribution in [0.3, 0.4) is 0 Å². The van der Waals surface area contributed by atoms with E-state index >= 15 is 0 Å². The molecule has 2 rings (SSSR count). The quantitative estimate of drug-likeness (QED) is 0.846. The third kappa shape index (κ3) is 2.95. The molecule has 0 amide bonds. The van der Waals surface area contributed by atoms with Crippen LogP contribution in [0.1, 0.15) is 11.1 Å². The van der Waals surface area contributed by atoms with Gasteiger partial charge in [0.05, 0.1) is 17.4 Å². The van der Waals surface area contributed by atoms with Gasteiger partial charge in [0.15, 0.2) is 0 Å². The van der Waals surface area contributed by atoms with Gasteiger partial charge in [0.2, 0.25) is 0 Å². The van der Waals surface area contributed by atoms with Crippen LogP contribution in [0.4, 0.5) is 13.2 Å². The minimum atomic E-state index is -4.41. The normalized spacial score (nSPS) is 11.6. The molecule has 0 atom stereocenters.